The van der Waals surface area contributed by atoms with Crippen molar-refractivity contribution in [1.82, 2.24) is 9.55 Å². The highest BCUT2D eigenvalue weighted by atomic mass is 31.3. The van der Waals surface area contributed by atoms with Crippen LogP contribution in [0.3, 0.4) is 0 Å². The van der Waals surface area contributed by atoms with Crippen LogP contribution in [0.25, 0.3) is 0 Å². The molecule has 1 fully saturated rings. The standard InChI is InChI=1S/C9H14F2N3O13P3/c10-9(11)6(15)4(25-7(9)14-2-1-5(12)13-8(14)16)3-24-29(20,21)27-30(22,23)26-28(17,18)19/h1-2,4,6-7,15H,3H2,(H,20,21)(H,22,23)(H2,12,13,16)(H2,17,18,19)/t4-,6-,7+/m0/s1. The molecular weight excluding hydrogens is 489 g/mol. The zero-order chi connectivity index (χ0) is 23.1. The van der Waals surface area contributed by atoms with Gasteiger partial charge in [0.1, 0.15) is 11.9 Å². The highest BCUT2D eigenvalue weighted by Crippen LogP contribution is 2.66. The van der Waals surface area contributed by atoms with Gasteiger partial charge in [0.2, 0.25) is 6.23 Å². The van der Waals surface area contributed by atoms with E-state index < -0.39 is 60.1 Å². The third-order valence-electron chi connectivity index (χ3n) is 3.30. The number of aliphatic hydroxyl groups excluding tert-OH is 1. The van der Waals surface area contributed by atoms with Crippen LogP contribution in [0.1, 0.15) is 6.23 Å². The van der Waals surface area contributed by atoms with Crippen molar-refractivity contribution in [2.75, 3.05) is 12.3 Å². The predicted molar refractivity (Wildman–Crippen MR) is 87.6 cm³/mol. The number of hydrogen-bond donors (Lipinski definition) is 6. The number of phosphoric acid groups is 3. The van der Waals surface area contributed by atoms with Gasteiger partial charge in [0.25, 0.3) is 0 Å². The van der Waals surface area contributed by atoms with Crippen LogP contribution in [0.4, 0.5) is 14.6 Å². The van der Waals surface area contributed by atoms with Gasteiger partial charge in [-0.2, -0.15) is 22.4 Å². The molecule has 5 atom stereocenters. The van der Waals surface area contributed by atoms with Crippen LogP contribution in [0.5, 0.6) is 0 Å². The highest BCUT2D eigenvalue weighted by Gasteiger charge is 2.60. The molecule has 2 rings (SSSR count). The topological polar surface area (TPSA) is 250 Å². The van der Waals surface area contributed by atoms with Gasteiger partial charge in [0.05, 0.1) is 6.61 Å². The van der Waals surface area contributed by atoms with Crippen LogP contribution in [-0.2, 0) is 31.6 Å². The molecule has 1 aliphatic heterocycles. The van der Waals surface area contributed by atoms with Crippen LogP contribution in [0, 0.1) is 0 Å². The van der Waals surface area contributed by atoms with E-state index in [-0.39, 0.29) is 10.4 Å². The van der Waals surface area contributed by atoms with Gasteiger partial charge < -0.3 is 35.2 Å². The Morgan fingerprint density at radius 3 is 2.33 bits per heavy atom. The van der Waals surface area contributed by atoms with E-state index >= 15 is 0 Å². The minimum atomic E-state index is -5.83. The number of phosphoric ester groups is 1. The molecule has 0 bridgehead atoms. The summed E-state index contributed by atoms with van der Waals surface area (Å²) in [6.45, 7) is -1.35. The second kappa shape index (κ2) is 8.43. The number of nitrogens with two attached hydrogens (primary N) is 1. The normalized spacial score (nSPS) is 28.0. The molecule has 1 saturated heterocycles. The summed E-state index contributed by atoms with van der Waals surface area (Å²) >= 11 is 0. The maximum atomic E-state index is 14.3. The summed E-state index contributed by atoms with van der Waals surface area (Å²) in [7, 11) is -17.1. The second-order valence-electron chi connectivity index (χ2n) is 5.58. The molecule has 2 heterocycles. The molecule has 2 unspecified atom stereocenters. The Morgan fingerprint density at radius 1 is 1.20 bits per heavy atom. The average Bonchev–Trinajstić information content (AvgIpc) is 2.73. The molecule has 0 radical (unpaired) electrons. The fourth-order valence-electron chi connectivity index (χ4n) is 2.18. The van der Waals surface area contributed by atoms with Crippen LogP contribution in [0.2, 0.25) is 0 Å². The zero-order valence-corrected chi connectivity index (χ0v) is 16.8. The van der Waals surface area contributed by atoms with Crippen molar-refractivity contribution >= 4 is 29.3 Å². The van der Waals surface area contributed by atoms with Gasteiger partial charge in [-0.15, -0.1) is 0 Å². The van der Waals surface area contributed by atoms with E-state index in [2.05, 4.69) is 18.1 Å². The van der Waals surface area contributed by atoms with Gasteiger partial charge in [-0.05, 0) is 6.07 Å². The number of anilines is 1. The second-order valence-corrected chi connectivity index (χ2v) is 10.00. The minimum Gasteiger partial charge on any atom is -0.384 e. The molecule has 172 valence electrons. The Kier molecular flexibility index (Phi) is 7.06. The van der Waals surface area contributed by atoms with Crippen molar-refractivity contribution in [3.8, 4) is 0 Å². The summed E-state index contributed by atoms with van der Waals surface area (Å²) < 4.78 is 78.0. The first-order valence-electron chi connectivity index (χ1n) is 7.28. The van der Waals surface area contributed by atoms with Crippen molar-refractivity contribution < 1.29 is 65.0 Å². The fraction of sp³-hybridized carbons (Fsp3) is 0.556. The number of aromatic nitrogens is 2. The average molecular weight is 503 g/mol. The molecule has 1 aromatic rings. The smallest absolute Gasteiger partial charge is 0.384 e. The van der Waals surface area contributed by atoms with Crippen LogP contribution in [0.15, 0.2) is 17.1 Å². The van der Waals surface area contributed by atoms with E-state index in [1.807, 2.05) is 0 Å². The molecule has 30 heavy (non-hydrogen) atoms. The zero-order valence-electron chi connectivity index (χ0n) is 14.2. The lowest BCUT2D eigenvalue weighted by molar-refractivity contribution is -0.140. The number of alkyl halides is 2. The lowest BCUT2D eigenvalue weighted by Crippen LogP contribution is -2.41. The number of aliphatic hydroxyl groups is 1. The molecular formula is C9H14F2N3O13P3. The number of halogens is 2. The van der Waals surface area contributed by atoms with Crippen LogP contribution < -0.4 is 11.4 Å². The minimum absolute atomic E-state index is 0.282. The van der Waals surface area contributed by atoms with E-state index in [0.29, 0.717) is 0 Å². The summed E-state index contributed by atoms with van der Waals surface area (Å²) in [6.07, 6.45) is -6.40. The van der Waals surface area contributed by atoms with Gasteiger partial charge in [0, 0.05) is 6.20 Å². The lowest BCUT2D eigenvalue weighted by Gasteiger charge is -2.20. The number of nitrogen functional groups attached to an aromatic ring is 1. The summed E-state index contributed by atoms with van der Waals surface area (Å²) in [5.74, 6) is -4.42. The summed E-state index contributed by atoms with van der Waals surface area (Å²) in [5, 5.41) is 9.72. The third kappa shape index (κ3) is 6.20. The molecule has 0 spiro atoms. The van der Waals surface area contributed by atoms with Crippen LogP contribution >= 0.6 is 23.5 Å². The van der Waals surface area contributed by atoms with Crippen molar-refractivity contribution in [2.45, 2.75) is 24.4 Å². The molecule has 1 aromatic heterocycles. The van der Waals surface area contributed by atoms with Crippen LogP contribution in [-0.4, -0.2) is 59.0 Å². The van der Waals surface area contributed by atoms with Crippen molar-refractivity contribution in [1.29, 1.82) is 0 Å². The molecule has 0 aliphatic carbocycles. The Hall–Kier alpha value is -1.13. The number of nitrogens with zero attached hydrogens (tertiary/aromatic N) is 2. The summed E-state index contributed by atoms with van der Waals surface area (Å²) in [5.41, 5.74) is 3.97. The van der Waals surface area contributed by atoms with Crippen molar-refractivity contribution in [3.05, 3.63) is 22.7 Å². The largest absolute Gasteiger partial charge is 0.490 e. The maximum absolute atomic E-state index is 14.3. The third-order valence-corrected chi connectivity index (χ3v) is 7.10. The Bertz CT molecular complexity index is 998. The predicted octanol–water partition coefficient (Wildman–Crippen LogP) is -0.938. The molecule has 0 saturated carbocycles. The van der Waals surface area contributed by atoms with Gasteiger partial charge in [0.15, 0.2) is 6.10 Å². The van der Waals surface area contributed by atoms with Crippen molar-refractivity contribution in [2.24, 2.45) is 0 Å². The number of hydrogen-bond acceptors (Lipinski definition) is 11. The first-order valence-corrected chi connectivity index (χ1v) is 11.8. The van der Waals surface area contributed by atoms with E-state index in [4.69, 9.17) is 25.2 Å². The first kappa shape index (κ1) is 25.1. The van der Waals surface area contributed by atoms with Gasteiger partial charge in [-0.1, -0.05) is 0 Å². The molecule has 21 heteroatoms. The molecule has 0 amide bonds. The summed E-state index contributed by atoms with van der Waals surface area (Å²) in [6, 6.07) is 0.979. The van der Waals surface area contributed by atoms with Gasteiger partial charge >= 0.3 is 35.1 Å². The monoisotopic (exact) mass is 503 g/mol. The molecule has 0 aromatic carbocycles. The van der Waals surface area contributed by atoms with E-state index in [1.54, 1.807) is 0 Å². The van der Waals surface area contributed by atoms with E-state index in [9.17, 15) is 37.3 Å². The molecule has 1 aliphatic rings. The van der Waals surface area contributed by atoms with Gasteiger partial charge in [-0.25, -0.2) is 18.5 Å². The molecule has 16 nitrogen and oxygen atoms in total. The highest BCUT2D eigenvalue weighted by molar-refractivity contribution is 7.66. The number of rotatable bonds is 8. The van der Waals surface area contributed by atoms with E-state index in [1.165, 1.54) is 0 Å². The quantitative estimate of drug-likeness (QED) is 0.234. The van der Waals surface area contributed by atoms with Gasteiger partial charge in [-0.3, -0.25) is 9.09 Å². The number of ether oxygens (including phenoxy) is 1. The lowest BCUT2D eigenvalue weighted by atomic mass is 10.1. The van der Waals surface area contributed by atoms with Crippen molar-refractivity contribution in [3.63, 3.8) is 0 Å². The Balaban J connectivity index is 2.12. The molecule has 7 N–H and O–H groups in total. The van der Waals surface area contributed by atoms with E-state index in [0.717, 1.165) is 12.3 Å². The fourth-order valence-corrected chi connectivity index (χ4v) is 5.21. The Labute approximate surface area is 164 Å². The SMILES string of the molecule is Nc1ccn([C@@H]2O[C@@H](COP(=O)(O)OP(=O)(O)OP(=O)(O)O)[C@H](O)C2(F)F)c(=O)n1. The Morgan fingerprint density at radius 2 is 1.80 bits per heavy atom. The summed E-state index contributed by atoms with van der Waals surface area (Å²) in [4.78, 5) is 50.1. The first-order chi connectivity index (χ1) is 13.4. The maximum Gasteiger partial charge on any atom is 0.490 e.